The first-order valence-electron chi connectivity index (χ1n) is 11.1. The van der Waals surface area contributed by atoms with Crippen LogP contribution in [0.5, 0.6) is 0 Å². The lowest BCUT2D eigenvalue weighted by atomic mass is 9.68. The molecule has 31 heavy (non-hydrogen) atoms. The van der Waals surface area contributed by atoms with Crippen LogP contribution in [-0.2, 0) is 15.0 Å². The predicted molar refractivity (Wildman–Crippen MR) is 129 cm³/mol. The summed E-state index contributed by atoms with van der Waals surface area (Å²) in [6.07, 6.45) is 7.99. The number of rotatable bonds is 4. The molecule has 0 spiro atoms. The molecule has 2 aliphatic heterocycles. The first-order valence-corrected chi connectivity index (χ1v) is 11.5. The third-order valence-electron chi connectivity index (χ3n) is 7.42. The molecule has 1 unspecified atom stereocenters. The van der Waals surface area contributed by atoms with Gasteiger partial charge in [0.25, 0.3) is 0 Å². The van der Waals surface area contributed by atoms with Crippen molar-refractivity contribution in [1.29, 1.82) is 0 Å². The van der Waals surface area contributed by atoms with Crippen molar-refractivity contribution in [3.8, 4) is 0 Å². The maximum absolute atomic E-state index is 12.9. The molecule has 8 heteroatoms. The topological polar surface area (TPSA) is 66.6 Å². The fourth-order valence-corrected chi connectivity index (χ4v) is 5.78. The van der Waals surface area contributed by atoms with E-state index in [0.29, 0.717) is 25.4 Å². The molecule has 5 nitrogen and oxygen atoms in total. The van der Waals surface area contributed by atoms with E-state index in [1.807, 2.05) is 23.1 Å². The van der Waals surface area contributed by atoms with Crippen molar-refractivity contribution >= 4 is 48.2 Å². The summed E-state index contributed by atoms with van der Waals surface area (Å²) in [6, 6.07) is 8.46. The van der Waals surface area contributed by atoms with Crippen molar-refractivity contribution in [1.82, 2.24) is 9.80 Å². The van der Waals surface area contributed by atoms with E-state index in [0.717, 1.165) is 63.1 Å². The molecule has 1 aromatic carbocycles. The van der Waals surface area contributed by atoms with Gasteiger partial charge in [0.2, 0.25) is 11.8 Å². The van der Waals surface area contributed by atoms with Crippen LogP contribution in [0.15, 0.2) is 24.3 Å². The Bertz CT molecular complexity index is 768. The van der Waals surface area contributed by atoms with Gasteiger partial charge in [-0.15, -0.1) is 24.8 Å². The molecule has 1 aromatic rings. The smallest absolute Gasteiger partial charge is 0.224 e. The number of piperidine rings is 2. The highest BCUT2D eigenvalue weighted by Gasteiger charge is 2.41. The number of halogens is 3. The number of hydrogen-bond donors (Lipinski definition) is 1. The molecule has 0 bridgehead atoms. The summed E-state index contributed by atoms with van der Waals surface area (Å²) < 4.78 is 0. The first kappa shape index (κ1) is 26.2. The van der Waals surface area contributed by atoms with Gasteiger partial charge in [0.1, 0.15) is 0 Å². The zero-order chi connectivity index (χ0) is 20.4. The lowest BCUT2D eigenvalue weighted by Crippen LogP contribution is -2.55. The lowest BCUT2D eigenvalue weighted by molar-refractivity contribution is -0.144. The van der Waals surface area contributed by atoms with Crippen LogP contribution in [0.3, 0.4) is 0 Å². The Hall–Kier alpha value is -1.01. The summed E-state index contributed by atoms with van der Waals surface area (Å²) in [4.78, 5) is 29.2. The van der Waals surface area contributed by atoms with Crippen LogP contribution in [0, 0.1) is 0 Å². The monoisotopic (exact) mass is 489 g/mol. The predicted octanol–water partition coefficient (Wildman–Crippen LogP) is 4.33. The maximum Gasteiger partial charge on any atom is 0.224 e. The molecule has 4 rings (SSSR count). The molecule has 2 saturated heterocycles. The van der Waals surface area contributed by atoms with E-state index in [1.165, 1.54) is 5.56 Å². The van der Waals surface area contributed by atoms with Crippen molar-refractivity contribution in [2.24, 2.45) is 5.73 Å². The summed E-state index contributed by atoms with van der Waals surface area (Å²) in [6.45, 7) is 2.19. The van der Waals surface area contributed by atoms with E-state index in [2.05, 4.69) is 11.0 Å². The number of amides is 2. The maximum atomic E-state index is 12.9. The van der Waals surface area contributed by atoms with Gasteiger partial charge in [-0.05, 0) is 62.6 Å². The van der Waals surface area contributed by atoms with E-state index in [4.69, 9.17) is 17.3 Å². The molecule has 0 aromatic heterocycles. The zero-order valence-electron chi connectivity index (χ0n) is 17.9. The van der Waals surface area contributed by atoms with E-state index < -0.39 is 0 Å². The fourth-order valence-electron chi connectivity index (χ4n) is 5.59. The first-order chi connectivity index (χ1) is 14.0. The van der Waals surface area contributed by atoms with Gasteiger partial charge in [0.15, 0.2) is 0 Å². The van der Waals surface area contributed by atoms with Crippen molar-refractivity contribution in [2.75, 3.05) is 19.6 Å². The molecule has 2 N–H and O–H groups in total. The summed E-state index contributed by atoms with van der Waals surface area (Å²) in [5.41, 5.74) is 7.41. The highest BCUT2D eigenvalue weighted by molar-refractivity contribution is 6.30. The number of nitrogens with two attached hydrogens (primary N) is 1. The van der Waals surface area contributed by atoms with E-state index >= 15 is 0 Å². The van der Waals surface area contributed by atoms with Gasteiger partial charge in [-0.2, -0.15) is 0 Å². The van der Waals surface area contributed by atoms with Gasteiger partial charge >= 0.3 is 0 Å². The number of likely N-dealkylation sites (tertiary alicyclic amines) is 2. The van der Waals surface area contributed by atoms with Crippen LogP contribution in [0.25, 0.3) is 0 Å². The standard InChI is InChI=1S/C23H32ClN3O2.2ClH/c24-18-5-3-4-17(14-18)23(16-25)10-7-19(8-11-23)27-13-9-20(15-22(27)29)26-12-2-1-6-21(26)28;;/h3-5,14,19-20H,1-2,6-13,15-16,25H2;2*1H/t19-,20?,23-;;. The van der Waals surface area contributed by atoms with E-state index in [1.54, 1.807) is 0 Å². The summed E-state index contributed by atoms with van der Waals surface area (Å²) >= 11 is 6.22. The second-order valence-electron chi connectivity index (χ2n) is 9.00. The van der Waals surface area contributed by atoms with Crippen molar-refractivity contribution in [2.45, 2.75) is 75.3 Å². The van der Waals surface area contributed by atoms with E-state index in [9.17, 15) is 9.59 Å². The number of carbonyl (C=O) groups excluding carboxylic acids is 2. The fraction of sp³-hybridized carbons (Fsp3) is 0.652. The summed E-state index contributed by atoms with van der Waals surface area (Å²) in [7, 11) is 0. The molecular formula is C23H34Cl3N3O2. The molecule has 1 atom stereocenters. The summed E-state index contributed by atoms with van der Waals surface area (Å²) in [5.74, 6) is 0.446. The average Bonchev–Trinajstić information content (AvgIpc) is 2.74. The Labute approximate surface area is 202 Å². The Morgan fingerprint density at radius 2 is 1.68 bits per heavy atom. The molecule has 3 aliphatic rings. The lowest BCUT2D eigenvalue weighted by Gasteiger charge is -2.46. The minimum absolute atomic E-state index is 0. The van der Waals surface area contributed by atoms with Crippen molar-refractivity contribution < 1.29 is 9.59 Å². The second-order valence-corrected chi connectivity index (χ2v) is 9.44. The van der Waals surface area contributed by atoms with Gasteiger partial charge in [-0.25, -0.2) is 0 Å². The number of carbonyl (C=O) groups is 2. The van der Waals surface area contributed by atoms with Crippen LogP contribution in [-0.4, -0.2) is 53.3 Å². The van der Waals surface area contributed by atoms with Crippen molar-refractivity contribution in [3.05, 3.63) is 34.9 Å². The molecule has 174 valence electrons. The molecular weight excluding hydrogens is 457 g/mol. The molecule has 1 aliphatic carbocycles. The Kier molecular flexibility index (Phi) is 9.50. The van der Waals surface area contributed by atoms with Crippen LogP contribution in [0.4, 0.5) is 0 Å². The highest BCUT2D eigenvalue weighted by Crippen LogP contribution is 2.41. The van der Waals surface area contributed by atoms with E-state index in [-0.39, 0.29) is 48.1 Å². The van der Waals surface area contributed by atoms with Gasteiger partial charge in [0.05, 0.1) is 0 Å². The van der Waals surface area contributed by atoms with Gasteiger partial charge < -0.3 is 15.5 Å². The third-order valence-corrected chi connectivity index (χ3v) is 7.65. The van der Waals surface area contributed by atoms with Crippen LogP contribution in [0.1, 0.15) is 63.4 Å². The summed E-state index contributed by atoms with van der Waals surface area (Å²) in [5, 5.41) is 0.752. The molecule has 0 radical (unpaired) electrons. The minimum atomic E-state index is -0.0387. The normalized spacial score (nSPS) is 29.2. The molecule has 1 saturated carbocycles. The number of hydrogen-bond acceptors (Lipinski definition) is 3. The van der Waals surface area contributed by atoms with Crippen LogP contribution < -0.4 is 5.73 Å². The minimum Gasteiger partial charge on any atom is -0.340 e. The van der Waals surface area contributed by atoms with Gasteiger partial charge in [-0.3, -0.25) is 9.59 Å². The molecule has 2 heterocycles. The number of nitrogens with zero attached hydrogens (tertiary/aromatic N) is 2. The Morgan fingerprint density at radius 3 is 2.29 bits per heavy atom. The Morgan fingerprint density at radius 1 is 0.968 bits per heavy atom. The zero-order valence-corrected chi connectivity index (χ0v) is 20.3. The number of benzene rings is 1. The third kappa shape index (κ3) is 5.50. The van der Waals surface area contributed by atoms with Gasteiger partial charge in [-0.1, -0.05) is 23.7 Å². The van der Waals surface area contributed by atoms with Crippen LogP contribution in [0.2, 0.25) is 5.02 Å². The van der Waals surface area contributed by atoms with Crippen LogP contribution >= 0.6 is 36.4 Å². The van der Waals surface area contributed by atoms with Gasteiger partial charge in [0, 0.05) is 55.0 Å². The largest absolute Gasteiger partial charge is 0.340 e. The molecule has 2 amide bonds. The SMILES string of the molecule is Cl.Cl.NC[C@]1(c2cccc(Cl)c2)CC[C@H](N2CCC(N3CCCCC3=O)CC2=O)CC1. The molecule has 3 fully saturated rings. The highest BCUT2D eigenvalue weighted by atomic mass is 35.5. The average molecular weight is 491 g/mol. The Balaban J connectivity index is 0.00000171. The second kappa shape index (κ2) is 11.2. The quantitative estimate of drug-likeness (QED) is 0.683. The van der Waals surface area contributed by atoms with Crippen molar-refractivity contribution in [3.63, 3.8) is 0 Å².